The molecule has 0 unspecified atom stereocenters. The molecule has 1 nitrogen and oxygen atoms in total. The molecular weight excluding hydrogens is 354 g/mol. The van der Waals surface area contributed by atoms with Crippen LogP contribution in [0.1, 0.15) is 38.8 Å². The fraction of sp³-hybridized carbons (Fsp3) is 0.391. The van der Waals surface area contributed by atoms with E-state index in [1.165, 1.54) is 11.3 Å². The molecule has 1 aliphatic heterocycles. The Morgan fingerprint density at radius 2 is 1.65 bits per heavy atom. The molecule has 0 spiro atoms. The van der Waals surface area contributed by atoms with Crippen LogP contribution in [0, 0.1) is 0 Å². The molecule has 2 aromatic carbocycles. The summed E-state index contributed by atoms with van der Waals surface area (Å²) in [4.78, 5) is 2.65. The molecule has 1 aliphatic rings. The number of para-hydroxylation sites is 1. The van der Waals surface area contributed by atoms with Crippen LogP contribution in [0.2, 0.25) is 23.2 Å². The van der Waals surface area contributed by atoms with Crippen molar-refractivity contribution in [1.82, 2.24) is 0 Å². The summed E-state index contributed by atoms with van der Waals surface area (Å²) in [5.74, 6) is 0. The van der Waals surface area contributed by atoms with Gasteiger partial charge in [-0.15, -0.1) is 6.58 Å². The van der Waals surface area contributed by atoms with Gasteiger partial charge in [-0.3, -0.25) is 0 Å². The van der Waals surface area contributed by atoms with Crippen LogP contribution in [0.5, 0.6) is 0 Å². The van der Waals surface area contributed by atoms with E-state index in [0.717, 1.165) is 11.4 Å². The van der Waals surface area contributed by atoms with Crippen molar-refractivity contribution in [3.63, 3.8) is 0 Å². The molecule has 0 aliphatic carbocycles. The second-order valence-electron chi connectivity index (χ2n) is 8.95. The molecule has 0 aromatic heterocycles. The zero-order valence-corrected chi connectivity index (χ0v) is 18.3. The quantitative estimate of drug-likeness (QED) is 0.298. The van der Waals surface area contributed by atoms with Gasteiger partial charge in [-0.05, 0) is 41.3 Å². The van der Waals surface area contributed by atoms with Crippen molar-refractivity contribution in [2.45, 2.75) is 56.5 Å². The monoisotopic (exact) mass is 383 g/mol. The fourth-order valence-corrected chi connectivity index (χ4v) is 8.20. The summed E-state index contributed by atoms with van der Waals surface area (Å²) in [7, 11) is -1.73. The van der Waals surface area contributed by atoms with Crippen LogP contribution in [-0.2, 0) is 0 Å². The third kappa shape index (κ3) is 2.84. The first-order valence-corrected chi connectivity index (χ1v) is 12.8. The van der Waals surface area contributed by atoms with Gasteiger partial charge in [0.2, 0.25) is 0 Å². The van der Waals surface area contributed by atoms with Crippen LogP contribution in [-0.4, -0.2) is 13.2 Å². The largest absolute Gasteiger partial charge is 0.357 e. The Morgan fingerprint density at radius 1 is 1.08 bits per heavy atom. The molecule has 2 atom stereocenters. The number of hydrogen-bond donors (Lipinski definition) is 0. The summed E-state index contributed by atoms with van der Waals surface area (Å²) in [6.45, 7) is 16.4. The number of rotatable bonds is 5. The second-order valence-corrected chi connectivity index (χ2v) is 15.0. The van der Waals surface area contributed by atoms with Gasteiger partial charge < -0.3 is 4.90 Å². The maximum atomic E-state index is 6.16. The summed E-state index contributed by atoms with van der Waals surface area (Å²) in [6.07, 6.45) is 3.12. The van der Waals surface area contributed by atoms with E-state index in [0.29, 0.717) is 6.04 Å². The minimum Gasteiger partial charge on any atom is -0.357 e. The Kier molecular flexibility index (Phi) is 4.87. The van der Waals surface area contributed by atoms with Crippen molar-refractivity contribution in [1.29, 1.82) is 0 Å². The normalized spacial score (nSPS) is 23.0. The molecular formula is C23H30ClNSi. The minimum absolute atomic E-state index is 0.127. The number of benzene rings is 2. The topological polar surface area (TPSA) is 3.01 Å². The Hall–Kier alpha value is -1.51. The van der Waals surface area contributed by atoms with Gasteiger partial charge in [0.1, 0.15) is 0 Å². The summed E-state index contributed by atoms with van der Waals surface area (Å²) in [6, 6.07) is 19.6. The van der Waals surface area contributed by atoms with E-state index in [4.69, 9.17) is 11.6 Å². The molecule has 1 fully saturated rings. The molecule has 1 saturated heterocycles. The van der Waals surface area contributed by atoms with Crippen LogP contribution >= 0.6 is 11.6 Å². The molecule has 2 aromatic rings. The Labute approximate surface area is 164 Å². The van der Waals surface area contributed by atoms with E-state index in [9.17, 15) is 0 Å². The minimum atomic E-state index is -1.73. The maximum absolute atomic E-state index is 6.16. The van der Waals surface area contributed by atoms with E-state index in [1.807, 2.05) is 12.1 Å². The first kappa shape index (κ1) is 19.3. The number of anilines is 1. The highest BCUT2D eigenvalue weighted by atomic mass is 35.5. The molecule has 0 amide bonds. The lowest BCUT2D eigenvalue weighted by molar-refractivity contribution is 0.663. The molecule has 0 radical (unpaired) electrons. The zero-order valence-electron chi connectivity index (χ0n) is 16.6. The lowest BCUT2D eigenvalue weighted by Gasteiger charge is -2.44. The van der Waals surface area contributed by atoms with Crippen molar-refractivity contribution in [3.05, 3.63) is 77.8 Å². The third-order valence-corrected chi connectivity index (χ3v) is 13.6. The number of nitrogens with zero attached hydrogens (tertiary/aromatic N) is 1. The lowest BCUT2D eigenvalue weighted by atomic mass is 10.1. The molecule has 0 bridgehead atoms. The number of hydrogen-bond acceptors (Lipinski definition) is 1. The predicted molar refractivity (Wildman–Crippen MR) is 118 cm³/mol. The van der Waals surface area contributed by atoms with Crippen molar-refractivity contribution < 1.29 is 0 Å². The first-order chi connectivity index (χ1) is 12.2. The van der Waals surface area contributed by atoms with Gasteiger partial charge in [0.25, 0.3) is 0 Å². The lowest BCUT2D eigenvalue weighted by Crippen LogP contribution is -2.54. The van der Waals surface area contributed by atoms with Crippen LogP contribution in [0.25, 0.3) is 0 Å². The Bertz CT molecular complexity index is 776. The average Bonchev–Trinajstić information content (AvgIpc) is 3.26. The Morgan fingerprint density at radius 3 is 2.15 bits per heavy atom. The highest BCUT2D eigenvalue weighted by Gasteiger charge is 2.72. The smallest absolute Gasteiger partial charge is 0.0862 e. The zero-order chi connectivity index (χ0) is 19.2. The molecule has 1 heterocycles. The van der Waals surface area contributed by atoms with Crippen LogP contribution in [0.4, 0.5) is 5.69 Å². The summed E-state index contributed by atoms with van der Waals surface area (Å²) < 4.78 is 0. The highest BCUT2D eigenvalue weighted by Crippen LogP contribution is 2.66. The molecule has 0 N–H and O–H groups in total. The van der Waals surface area contributed by atoms with Crippen molar-refractivity contribution in [2.75, 3.05) is 4.90 Å². The SMILES string of the molecule is C=CC[C@@]1([Si](C)(C)C(C)(C)C)[C@H](c2ccc(Cl)cc2)N1c1ccccc1. The van der Waals surface area contributed by atoms with Gasteiger partial charge in [-0.1, -0.05) is 81.9 Å². The van der Waals surface area contributed by atoms with Crippen molar-refractivity contribution >= 4 is 25.4 Å². The predicted octanol–water partition coefficient (Wildman–Crippen LogP) is 7.26. The molecule has 0 saturated carbocycles. The number of halogens is 1. The van der Waals surface area contributed by atoms with E-state index in [2.05, 4.69) is 93.9 Å². The fourth-order valence-electron chi connectivity index (χ4n) is 4.35. The summed E-state index contributed by atoms with van der Waals surface area (Å²) in [5.41, 5.74) is 2.66. The van der Waals surface area contributed by atoms with Gasteiger partial charge in [-0.25, -0.2) is 0 Å². The van der Waals surface area contributed by atoms with Crippen LogP contribution < -0.4 is 4.90 Å². The summed E-state index contributed by atoms with van der Waals surface area (Å²) >= 11 is 6.16. The molecule has 138 valence electrons. The second kappa shape index (κ2) is 6.58. The average molecular weight is 384 g/mol. The van der Waals surface area contributed by atoms with Crippen molar-refractivity contribution in [3.8, 4) is 0 Å². The highest BCUT2D eigenvalue weighted by molar-refractivity contribution is 6.85. The van der Waals surface area contributed by atoms with Gasteiger partial charge >= 0.3 is 0 Å². The summed E-state index contributed by atoms with van der Waals surface area (Å²) in [5, 5.41) is 1.20. The van der Waals surface area contributed by atoms with E-state index in [1.54, 1.807) is 0 Å². The standard InChI is InChI=1S/C23H30ClNSi/c1-7-17-23(26(5,6)22(2,3)4)21(18-13-15-19(24)16-14-18)25(23)20-11-9-8-10-12-20/h7-16,21H,1,17H2,2-6H3/t21-,23+,25?/m0/s1. The van der Waals surface area contributed by atoms with Crippen LogP contribution in [0.15, 0.2) is 67.3 Å². The van der Waals surface area contributed by atoms with Gasteiger partial charge in [0, 0.05) is 10.7 Å². The van der Waals surface area contributed by atoms with E-state index in [-0.39, 0.29) is 10.2 Å². The molecule has 3 heteroatoms. The first-order valence-electron chi connectivity index (χ1n) is 9.37. The molecule has 26 heavy (non-hydrogen) atoms. The van der Waals surface area contributed by atoms with Crippen LogP contribution in [0.3, 0.4) is 0 Å². The van der Waals surface area contributed by atoms with Gasteiger partial charge in [0.15, 0.2) is 0 Å². The van der Waals surface area contributed by atoms with Gasteiger partial charge in [0.05, 0.1) is 19.3 Å². The maximum Gasteiger partial charge on any atom is 0.0862 e. The Balaban J connectivity index is 2.18. The van der Waals surface area contributed by atoms with E-state index < -0.39 is 8.07 Å². The molecule has 3 rings (SSSR count). The van der Waals surface area contributed by atoms with Gasteiger partial charge in [-0.2, -0.15) is 0 Å². The van der Waals surface area contributed by atoms with E-state index >= 15 is 0 Å². The van der Waals surface area contributed by atoms with Crippen molar-refractivity contribution in [2.24, 2.45) is 0 Å². The third-order valence-electron chi connectivity index (χ3n) is 6.71.